The maximum atomic E-state index is 12.8. The number of anilines is 1. The summed E-state index contributed by atoms with van der Waals surface area (Å²) >= 11 is 0. The number of nitrogens with one attached hydrogen (secondary N) is 1. The lowest BCUT2D eigenvalue weighted by Gasteiger charge is -2.27. The molecule has 0 bridgehead atoms. The zero-order chi connectivity index (χ0) is 24.7. The number of piperidine rings is 1. The molecule has 0 radical (unpaired) electrons. The van der Waals surface area contributed by atoms with E-state index in [9.17, 15) is 13.2 Å². The van der Waals surface area contributed by atoms with Gasteiger partial charge in [0.2, 0.25) is 10.0 Å². The van der Waals surface area contributed by atoms with Crippen molar-refractivity contribution in [3.8, 4) is 0 Å². The molecule has 1 aliphatic rings. The molecule has 1 fully saturated rings. The number of carbonyl (C=O) groups is 1. The minimum absolute atomic E-state index is 0.182. The van der Waals surface area contributed by atoms with Crippen molar-refractivity contribution in [2.24, 2.45) is 0 Å². The Morgan fingerprint density at radius 1 is 0.857 bits per heavy atom. The van der Waals surface area contributed by atoms with Crippen LogP contribution in [0.2, 0.25) is 0 Å². The quantitative estimate of drug-likeness (QED) is 0.476. The number of hydrogen-bond acceptors (Lipinski definition) is 4. The lowest BCUT2D eigenvalue weighted by Crippen LogP contribution is -2.30. The lowest BCUT2D eigenvalue weighted by molar-refractivity contribution is 0.0950. The number of sulfonamides is 1. The monoisotopic (exact) mass is 491 g/mol. The van der Waals surface area contributed by atoms with Gasteiger partial charge in [-0.2, -0.15) is 0 Å². The van der Waals surface area contributed by atoms with Gasteiger partial charge in [-0.3, -0.25) is 14.0 Å². The molecular weight excluding hydrogens is 458 g/mol. The topological polar surface area (TPSA) is 69.7 Å². The molecule has 0 unspecified atom stereocenters. The first-order chi connectivity index (χ1) is 16.9. The molecule has 184 valence electrons. The van der Waals surface area contributed by atoms with Crippen molar-refractivity contribution in [1.29, 1.82) is 0 Å². The largest absolute Gasteiger partial charge is 0.348 e. The van der Waals surface area contributed by atoms with Crippen molar-refractivity contribution in [3.63, 3.8) is 0 Å². The fourth-order valence-corrected chi connectivity index (χ4v) is 5.34. The van der Waals surface area contributed by atoms with Crippen LogP contribution in [0.1, 0.15) is 46.3 Å². The van der Waals surface area contributed by atoms with Crippen LogP contribution in [-0.4, -0.2) is 38.6 Å². The summed E-state index contributed by atoms with van der Waals surface area (Å²) in [5.41, 5.74) is 4.28. The summed E-state index contributed by atoms with van der Waals surface area (Å²) in [6.07, 6.45) is 4.99. The Morgan fingerprint density at radius 2 is 1.49 bits per heavy atom. The Bertz CT molecular complexity index is 1220. The third-order valence-corrected chi connectivity index (χ3v) is 7.53. The van der Waals surface area contributed by atoms with Crippen LogP contribution in [0.3, 0.4) is 0 Å². The number of benzene rings is 3. The van der Waals surface area contributed by atoms with E-state index < -0.39 is 10.0 Å². The molecule has 0 spiro atoms. The molecule has 0 aliphatic carbocycles. The van der Waals surface area contributed by atoms with Crippen molar-refractivity contribution in [3.05, 3.63) is 101 Å². The Hall–Kier alpha value is -3.16. The summed E-state index contributed by atoms with van der Waals surface area (Å²) in [4.78, 5) is 15.3. The second-order valence-electron chi connectivity index (χ2n) is 9.09. The number of carbonyl (C=O) groups excluding carboxylic acids is 1. The van der Waals surface area contributed by atoms with Crippen molar-refractivity contribution < 1.29 is 13.2 Å². The van der Waals surface area contributed by atoms with Crippen molar-refractivity contribution in [2.45, 2.75) is 38.9 Å². The number of amides is 1. The third kappa shape index (κ3) is 6.93. The number of hydrogen-bond donors (Lipinski definition) is 1. The minimum atomic E-state index is -3.48. The van der Waals surface area contributed by atoms with E-state index in [4.69, 9.17) is 0 Å². The van der Waals surface area contributed by atoms with E-state index in [1.54, 1.807) is 24.3 Å². The van der Waals surface area contributed by atoms with Crippen LogP contribution in [0.25, 0.3) is 0 Å². The van der Waals surface area contributed by atoms with Crippen LogP contribution < -0.4 is 9.62 Å². The van der Waals surface area contributed by atoms with Crippen molar-refractivity contribution in [2.75, 3.05) is 23.7 Å². The number of nitrogens with zero attached hydrogens (tertiary/aromatic N) is 2. The van der Waals surface area contributed by atoms with Crippen LogP contribution >= 0.6 is 0 Å². The van der Waals surface area contributed by atoms with E-state index in [2.05, 4.69) is 22.3 Å². The average Bonchev–Trinajstić information content (AvgIpc) is 2.87. The van der Waals surface area contributed by atoms with Gasteiger partial charge in [-0.15, -0.1) is 0 Å². The van der Waals surface area contributed by atoms with Gasteiger partial charge >= 0.3 is 0 Å². The van der Waals surface area contributed by atoms with Gasteiger partial charge in [-0.1, -0.05) is 61.0 Å². The van der Waals surface area contributed by atoms with Crippen LogP contribution in [-0.2, 0) is 29.7 Å². The number of likely N-dealkylation sites (tertiary alicyclic amines) is 1. The van der Waals surface area contributed by atoms with Crippen LogP contribution in [0.5, 0.6) is 0 Å². The fourth-order valence-electron chi connectivity index (χ4n) is 4.45. The average molecular weight is 492 g/mol. The maximum Gasteiger partial charge on any atom is 0.251 e. The standard InChI is InChI=1S/C28H33N3O3S/c1-35(33,34)31(21-23-10-4-2-5-11-23)27-16-14-24(15-17-27)28(32)29-20-25-12-6-7-13-26(25)22-30-18-8-3-9-19-30/h2,4-7,10-17H,3,8-9,18-22H2,1H3,(H,29,32). The van der Waals surface area contributed by atoms with Gasteiger partial charge in [-0.05, 0) is 66.9 Å². The molecule has 1 N–H and O–H groups in total. The van der Waals surface area contributed by atoms with E-state index in [-0.39, 0.29) is 12.5 Å². The van der Waals surface area contributed by atoms with Gasteiger partial charge in [0.25, 0.3) is 5.91 Å². The van der Waals surface area contributed by atoms with Crippen LogP contribution in [0.4, 0.5) is 5.69 Å². The van der Waals surface area contributed by atoms with Gasteiger partial charge < -0.3 is 5.32 Å². The molecule has 0 saturated carbocycles. The predicted molar refractivity (Wildman–Crippen MR) is 141 cm³/mol. The Morgan fingerprint density at radius 3 is 2.14 bits per heavy atom. The Kier molecular flexibility index (Phi) is 8.21. The minimum Gasteiger partial charge on any atom is -0.348 e. The summed E-state index contributed by atoms with van der Waals surface area (Å²) in [6, 6.07) is 24.4. The summed E-state index contributed by atoms with van der Waals surface area (Å²) in [5.74, 6) is -0.182. The van der Waals surface area contributed by atoms with Gasteiger partial charge in [0, 0.05) is 18.7 Å². The van der Waals surface area contributed by atoms with Crippen molar-refractivity contribution in [1.82, 2.24) is 10.2 Å². The molecule has 1 amide bonds. The maximum absolute atomic E-state index is 12.8. The van der Waals surface area contributed by atoms with Gasteiger partial charge in [0.05, 0.1) is 18.5 Å². The fraction of sp³-hybridized carbons (Fsp3) is 0.321. The highest BCUT2D eigenvalue weighted by Gasteiger charge is 2.19. The molecule has 0 atom stereocenters. The molecule has 35 heavy (non-hydrogen) atoms. The first-order valence-corrected chi connectivity index (χ1v) is 13.9. The Labute approximate surface area is 208 Å². The normalized spacial score (nSPS) is 14.4. The van der Waals surface area contributed by atoms with Crippen LogP contribution in [0.15, 0.2) is 78.9 Å². The smallest absolute Gasteiger partial charge is 0.251 e. The van der Waals surface area contributed by atoms with E-state index in [1.165, 1.54) is 35.4 Å². The highest BCUT2D eigenvalue weighted by atomic mass is 32.2. The number of rotatable bonds is 9. The molecule has 7 heteroatoms. The summed E-state index contributed by atoms with van der Waals surface area (Å²) < 4.78 is 26.2. The first-order valence-electron chi connectivity index (χ1n) is 12.1. The third-order valence-electron chi connectivity index (χ3n) is 6.39. The molecule has 4 rings (SSSR count). The summed E-state index contributed by atoms with van der Waals surface area (Å²) in [5, 5.41) is 3.02. The summed E-state index contributed by atoms with van der Waals surface area (Å²) in [7, 11) is -3.48. The molecular formula is C28H33N3O3S. The van der Waals surface area contributed by atoms with E-state index >= 15 is 0 Å². The zero-order valence-electron chi connectivity index (χ0n) is 20.2. The second kappa shape index (κ2) is 11.5. The molecule has 3 aromatic rings. The highest BCUT2D eigenvalue weighted by Crippen LogP contribution is 2.22. The Balaban J connectivity index is 1.41. The lowest BCUT2D eigenvalue weighted by atomic mass is 10.0. The first kappa shape index (κ1) is 24.9. The summed E-state index contributed by atoms with van der Waals surface area (Å²) in [6.45, 7) is 3.85. The van der Waals surface area contributed by atoms with E-state index in [1.807, 2.05) is 42.5 Å². The van der Waals surface area contributed by atoms with Crippen LogP contribution in [0, 0.1) is 0 Å². The van der Waals surface area contributed by atoms with Gasteiger partial charge in [0.15, 0.2) is 0 Å². The molecule has 1 aliphatic heterocycles. The molecule has 1 saturated heterocycles. The molecule has 1 heterocycles. The molecule has 3 aromatic carbocycles. The van der Waals surface area contributed by atoms with E-state index in [0.29, 0.717) is 17.8 Å². The van der Waals surface area contributed by atoms with Gasteiger partial charge in [0.1, 0.15) is 0 Å². The molecule has 6 nitrogen and oxygen atoms in total. The highest BCUT2D eigenvalue weighted by molar-refractivity contribution is 7.92. The zero-order valence-corrected chi connectivity index (χ0v) is 21.0. The molecule has 0 aromatic heterocycles. The second-order valence-corrected chi connectivity index (χ2v) is 11.0. The van der Waals surface area contributed by atoms with E-state index in [0.717, 1.165) is 30.8 Å². The predicted octanol–water partition coefficient (Wildman–Crippen LogP) is 4.57. The SMILES string of the molecule is CS(=O)(=O)N(Cc1ccccc1)c1ccc(C(=O)NCc2ccccc2CN2CCCCC2)cc1. The van der Waals surface area contributed by atoms with Crippen molar-refractivity contribution >= 4 is 21.6 Å². The van der Waals surface area contributed by atoms with Gasteiger partial charge in [-0.25, -0.2) is 8.42 Å².